The Kier molecular flexibility index (Phi) is 6.97. The maximum atomic E-state index is 10.4. The number of hydrogen-bond donors (Lipinski definition) is 3. The predicted molar refractivity (Wildman–Crippen MR) is 85.2 cm³/mol. The molecular formula is C17H16O7. The molecule has 0 saturated heterocycles. The molecule has 7 heteroatoms. The zero-order valence-corrected chi connectivity index (χ0v) is 12.8. The number of phenolic OH excluding ortho intramolecular Hbond substituents is 3. The van der Waals surface area contributed by atoms with Gasteiger partial charge in [-0.2, -0.15) is 0 Å². The van der Waals surface area contributed by atoms with Crippen molar-refractivity contribution in [3.05, 3.63) is 47.0 Å². The molecule has 3 N–H and O–H groups in total. The molecule has 0 bridgehead atoms. The lowest BCUT2D eigenvalue weighted by Crippen LogP contribution is -1.93. The van der Waals surface area contributed by atoms with E-state index in [0.717, 1.165) is 12.1 Å². The highest BCUT2D eigenvalue weighted by Crippen LogP contribution is 2.28. The van der Waals surface area contributed by atoms with Gasteiger partial charge in [-0.1, -0.05) is 6.07 Å². The van der Waals surface area contributed by atoms with Crippen molar-refractivity contribution in [2.24, 2.45) is 0 Å². The molecule has 0 unspecified atom stereocenters. The largest absolute Gasteiger partial charge is 0.508 e. The van der Waals surface area contributed by atoms with E-state index < -0.39 is 5.75 Å². The van der Waals surface area contributed by atoms with Crippen LogP contribution in [-0.2, 0) is 0 Å². The van der Waals surface area contributed by atoms with Gasteiger partial charge in [0.2, 0.25) is 0 Å². The van der Waals surface area contributed by atoms with Crippen LogP contribution in [0.4, 0.5) is 0 Å². The lowest BCUT2D eigenvalue weighted by molar-refractivity contribution is 0.109. The first-order valence-electron chi connectivity index (χ1n) is 6.84. The first-order chi connectivity index (χ1) is 11.5. The van der Waals surface area contributed by atoms with E-state index in [1.165, 1.54) is 6.07 Å². The second-order valence-corrected chi connectivity index (χ2v) is 4.45. The van der Waals surface area contributed by atoms with Crippen molar-refractivity contribution in [3.8, 4) is 23.0 Å². The molecule has 0 aliphatic rings. The van der Waals surface area contributed by atoms with Crippen LogP contribution in [0, 0.1) is 0 Å². The number of hydrogen-bond acceptors (Lipinski definition) is 7. The minimum atomic E-state index is -0.396. The van der Waals surface area contributed by atoms with Crippen LogP contribution in [-0.4, -0.2) is 40.8 Å². The lowest BCUT2D eigenvalue weighted by Gasteiger charge is -2.05. The van der Waals surface area contributed by atoms with Gasteiger partial charge in [-0.3, -0.25) is 14.4 Å². The molecule has 24 heavy (non-hydrogen) atoms. The molecule has 0 aromatic heterocycles. The fourth-order valence-corrected chi connectivity index (χ4v) is 1.78. The first-order valence-corrected chi connectivity index (χ1v) is 6.84. The molecule has 7 nitrogen and oxygen atoms in total. The number of benzene rings is 2. The number of para-hydroxylation sites is 1. The summed E-state index contributed by atoms with van der Waals surface area (Å²) in [5.74, 6) is -0.385. The summed E-state index contributed by atoms with van der Waals surface area (Å²) in [6.07, 6.45) is 1.35. The molecule has 2 aromatic carbocycles. The Balaban J connectivity index is 0.000000240. The minimum Gasteiger partial charge on any atom is -0.508 e. The van der Waals surface area contributed by atoms with Crippen LogP contribution >= 0.6 is 0 Å². The van der Waals surface area contributed by atoms with E-state index in [1.54, 1.807) is 12.1 Å². The van der Waals surface area contributed by atoms with Gasteiger partial charge in [0, 0.05) is 11.6 Å². The van der Waals surface area contributed by atoms with Crippen molar-refractivity contribution in [3.63, 3.8) is 0 Å². The fourth-order valence-electron chi connectivity index (χ4n) is 1.78. The van der Waals surface area contributed by atoms with Crippen molar-refractivity contribution >= 4 is 18.9 Å². The number of phenols is 3. The molecule has 0 spiro atoms. The Morgan fingerprint density at radius 1 is 0.958 bits per heavy atom. The second kappa shape index (κ2) is 8.94. The summed E-state index contributed by atoms with van der Waals surface area (Å²) >= 11 is 0. The summed E-state index contributed by atoms with van der Waals surface area (Å²) in [6, 6.07) is 6.92. The van der Waals surface area contributed by atoms with Crippen LogP contribution < -0.4 is 4.74 Å². The van der Waals surface area contributed by atoms with E-state index in [9.17, 15) is 19.5 Å². The van der Waals surface area contributed by atoms with E-state index in [4.69, 9.17) is 14.9 Å². The summed E-state index contributed by atoms with van der Waals surface area (Å²) in [5, 5.41) is 27.3. The third-order valence-electron chi connectivity index (χ3n) is 2.88. The SMILES string of the molecule is CCOc1cccc(C=O)c1O.O=Cc1cc(O)cc(O)c1C=O. The van der Waals surface area contributed by atoms with E-state index in [2.05, 4.69) is 0 Å². The van der Waals surface area contributed by atoms with Gasteiger partial charge < -0.3 is 20.1 Å². The molecule has 2 rings (SSSR count). The molecule has 0 aliphatic heterocycles. The number of rotatable bonds is 5. The number of ether oxygens (including phenoxy) is 1. The average molecular weight is 332 g/mol. The molecule has 126 valence electrons. The fraction of sp³-hybridized carbons (Fsp3) is 0.118. The van der Waals surface area contributed by atoms with Crippen molar-refractivity contribution in [2.45, 2.75) is 6.92 Å². The normalized spacial score (nSPS) is 9.38. The Hall–Kier alpha value is -3.35. The zero-order valence-electron chi connectivity index (χ0n) is 12.8. The van der Waals surface area contributed by atoms with Crippen LogP contribution in [0.2, 0.25) is 0 Å². The Labute approximate surface area is 137 Å². The Bertz CT molecular complexity index is 738. The molecule has 0 saturated carbocycles. The van der Waals surface area contributed by atoms with E-state index in [-0.39, 0.29) is 28.2 Å². The van der Waals surface area contributed by atoms with Crippen LogP contribution in [0.15, 0.2) is 30.3 Å². The quantitative estimate of drug-likeness (QED) is 0.718. The lowest BCUT2D eigenvalue weighted by atomic mass is 10.1. The van der Waals surface area contributed by atoms with Crippen LogP contribution in [0.3, 0.4) is 0 Å². The van der Waals surface area contributed by atoms with Gasteiger partial charge in [-0.05, 0) is 25.1 Å². The number of aromatic hydroxyl groups is 3. The Morgan fingerprint density at radius 3 is 2.17 bits per heavy atom. The number of carbonyl (C=O) groups is 3. The van der Waals surface area contributed by atoms with Gasteiger partial charge >= 0.3 is 0 Å². The molecule has 2 aromatic rings. The van der Waals surface area contributed by atoms with Crippen LogP contribution in [0.25, 0.3) is 0 Å². The highest BCUT2D eigenvalue weighted by atomic mass is 16.5. The smallest absolute Gasteiger partial charge is 0.168 e. The van der Waals surface area contributed by atoms with Crippen LogP contribution in [0.5, 0.6) is 23.0 Å². The highest BCUT2D eigenvalue weighted by Gasteiger charge is 2.08. The third kappa shape index (κ3) is 4.57. The monoisotopic (exact) mass is 332 g/mol. The van der Waals surface area contributed by atoms with Crippen molar-refractivity contribution in [1.82, 2.24) is 0 Å². The molecule has 0 fully saturated rings. The van der Waals surface area contributed by atoms with E-state index in [0.29, 0.717) is 31.2 Å². The molecular weight excluding hydrogens is 316 g/mol. The van der Waals surface area contributed by atoms with Crippen molar-refractivity contribution < 1.29 is 34.4 Å². The summed E-state index contributed by atoms with van der Waals surface area (Å²) in [5.41, 5.74) is 0.117. The molecule has 0 radical (unpaired) electrons. The Morgan fingerprint density at radius 2 is 1.62 bits per heavy atom. The first kappa shape index (κ1) is 18.7. The van der Waals surface area contributed by atoms with E-state index in [1.807, 2.05) is 6.92 Å². The number of carbonyl (C=O) groups excluding carboxylic acids is 3. The third-order valence-corrected chi connectivity index (χ3v) is 2.88. The zero-order chi connectivity index (χ0) is 18.1. The maximum Gasteiger partial charge on any atom is 0.168 e. The topological polar surface area (TPSA) is 121 Å². The van der Waals surface area contributed by atoms with Gasteiger partial charge in [0.15, 0.2) is 30.4 Å². The standard InChI is InChI=1S/C9H10O3.C8H6O4/c1-2-12-8-5-3-4-7(6-10)9(8)11;9-3-5-1-6(11)2-8(12)7(5)4-10/h3-6,11H,2H2,1H3;1-4,11-12H. The average Bonchev–Trinajstić information content (AvgIpc) is 2.57. The predicted octanol–water partition coefficient (Wildman–Crippen LogP) is 2.33. The molecule has 0 amide bonds. The van der Waals surface area contributed by atoms with Gasteiger partial charge in [0.05, 0.1) is 17.7 Å². The van der Waals surface area contributed by atoms with Gasteiger partial charge in [-0.15, -0.1) is 0 Å². The summed E-state index contributed by atoms with van der Waals surface area (Å²) in [6.45, 7) is 2.28. The summed E-state index contributed by atoms with van der Waals surface area (Å²) in [7, 11) is 0. The van der Waals surface area contributed by atoms with Crippen molar-refractivity contribution in [2.75, 3.05) is 6.61 Å². The van der Waals surface area contributed by atoms with Crippen molar-refractivity contribution in [1.29, 1.82) is 0 Å². The highest BCUT2D eigenvalue weighted by molar-refractivity contribution is 5.93. The van der Waals surface area contributed by atoms with E-state index >= 15 is 0 Å². The van der Waals surface area contributed by atoms with Gasteiger partial charge in [0.1, 0.15) is 11.5 Å². The summed E-state index contributed by atoms with van der Waals surface area (Å²) in [4.78, 5) is 31.0. The summed E-state index contributed by atoms with van der Waals surface area (Å²) < 4.78 is 5.07. The molecule has 0 heterocycles. The molecule has 0 atom stereocenters. The van der Waals surface area contributed by atoms with Crippen LogP contribution in [0.1, 0.15) is 38.0 Å². The minimum absolute atomic E-state index is 0.0255. The second-order valence-electron chi connectivity index (χ2n) is 4.45. The molecule has 0 aliphatic carbocycles. The maximum absolute atomic E-state index is 10.4. The van der Waals surface area contributed by atoms with Gasteiger partial charge in [0.25, 0.3) is 0 Å². The van der Waals surface area contributed by atoms with Gasteiger partial charge in [-0.25, -0.2) is 0 Å². The number of aldehydes is 3.